The van der Waals surface area contributed by atoms with Crippen LogP contribution in [0.1, 0.15) is 25.8 Å². The summed E-state index contributed by atoms with van der Waals surface area (Å²) < 4.78 is 0. The Morgan fingerprint density at radius 3 is 2.78 bits per heavy atom. The van der Waals surface area contributed by atoms with E-state index in [2.05, 4.69) is 54.7 Å². The molecule has 0 aliphatic carbocycles. The molecule has 0 radical (unpaired) electrons. The molecule has 1 amide bonds. The second kappa shape index (κ2) is 5.42. The minimum absolute atomic E-state index is 0.0213. The predicted molar refractivity (Wildman–Crippen MR) is 107 cm³/mol. The molecule has 0 bridgehead atoms. The lowest BCUT2D eigenvalue weighted by Crippen LogP contribution is -2.57. The summed E-state index contributed by atoms with van der Waals surface area (Å²) >= 11 is 6.30. The van der Waals surface area contributed by atoms with Gasteiger partial charge in [0.2, 0.25) is 5.91 Å². The van der Waals surface area contributed by atoms with Crippen LogP contribution in [0.3, 0.4) is 0 Å². The summed E-state index contributed by atoms with van der Waals surface area (Å²) in [7, 11) is 3.91. The Labute approximate surface area is 165 Å². The van der Waals surface area contributed by atoms with E-state index < -0.39 is 0 Å². The number of halogens is 1. The number of benzene rings is 1. The zero-order valence-corrected chi connectivity index (χ0v) is 17.1. The van der Waals surface area contributed by atoms with Gasteiger partial charge in [0.05, 0.1) is 12.1 Å². The lowest BCUT2D eigenvalue weighted by molar-refractivity contribution is -0.141. The van der Waals surface area contributed by atoms with Crippen LogP contribution in [0.4, 0.5) is 5.69 Å². The number of fused-ring (bicyclic) bond motifs is 6. The second-order valence-corrected chi connectivity index (χ2v) is 9.57. The standard InChI is InChI=1S/C21H27ClN4O/c1-11-24(4)19-13(20(27)25(11)5)9-17-18-15(10-26(17)19)21(2,3)14-8-12(22)6-7-16(14)23-18/h6-8,13,15,17-19,23H,1,9-10H2,2-5H3. The lowest BCUT2D eigenvalue weighted by atomic mass is 9.67. The van der Waals surface area contributed by atoms with Crippen molar-refractivity contribution in [3.8, 4) is 0 Å². The zero-order valence-electron chi connectivity index (χ0n) is 16.4. The molecule has 5 unspecified atom stereocenters. The zero-order chi connectivity index (χ0) is 19.2. The highest BCUT2D eigenvalue weighted by molar-refractivity contribution is 6.30. The van der Waals surface area contributed by atoms with Gasteiger partial charge in [0.15, 0.2) is 0 Å². The van der Waals surface area contributed by atoms with Crippen LogP contribution < -0.4 is 5.32 Å². The maximum absolute atomic E-state index is 12.9. The quantitative estimate of drug-likeness (QED) is 0.744. The van der Waals surface area contributed by atoms with Crippen LogP contribution in [0.5, 0.6) is 0 Å². The smallest absolute Gasteiger partial charge is 0.234 e. The van der Waals surface area contributed by atoms with Crippen molar-refractivity contribution in [1.82, 2.24) is 14.7 Å². The van der Waals surface area contributed by atoms with Crippen molar-refractivity contribution in [2.75, 3.05) is 26.0 Å². The van der Waals surface area contributed by atoms with Gasteiger partial charge in [-0.15, -0.1) is 0 Å². The Morgan fingerprint density at radius 2 is 2.04 bits per heavy atom. The molecule has 0 aromatic heterocycles. The molecule has 6 heteroatoms. The molecule has 0 spiro atoms. The number of amides is 1. The molecule has 0 saturated carbocycles. The first-order valence-corrected chi connectivity index (χ1v) is 10.1. The van der Waals surface area contributed by atoms with Gasteiger partial charge in [-0.1, -0.05) is 32.0 Å². The third-order valence-electron chi connectivity index (χ3n) is 7.64. The van der Waals surface area contributed by atoms with E-state index in [1.54, 1.807) is 4.90 Å². The van der Waals surface area contributed by atoms with Gasteiger partial charge in [-0.25, -0.2) is 0 Å². The van der Waals surface area contributed by atoms with Crippen LogP contribution >= 0.6 is 11.6 Å². The van der Waals surface area contributed by atoms with Gasteiger partial charge in [0.1, 0.15) is 5.82 Å². The van der Waals surface area contributed by atoms with Crippen molar-refractivity contribution in [2.45, 2.75) is 43.9 Å². The van der Waals surface area contributed by atoms with E-state index in [0.717, 1.165) is 23.8 Å². The summed E-state index contributed by atoms with van der Waals surface area (Å²) in [4.78, 5) is 19.4. The Bertz CT molecular complexity index is 853. The molecule has 1 aromatic rings. The molecule has 4 heterocycles. The molecule has 4 aliphatic heterocycles. The normalized spacial score (nSPS) is 36.9. The largest absolute Gasteiger partial charge is 0.380 e. The van der Waals surface area contributed by atoms with Crippen LogP contribution in [0, 0.1) is 11.8 Å². The van der Waals surface area contributed by atoms with Gasteiger partial charge in [0, 0.05) is 49.4 Å². The van der Waals surface area contributed by atoms with Gasteiger partial charge in [-0.2, -0.15) is 0 Å². The highest BCUT2D eigenvalue weighted by Gasteiger charge is 2.61. The summed E-state index contributed by atoms with van der Waals surface area (Å²) in [5, 5.41) is 4.60. The molecule has 1 aromatic carbocycles. The number of carbonyl (C=O) groups excluding carboxylic acids is 1. The van der Waals surface area contributed by atoms with Gasteiger partial charge in [0.25, 0.3) is 0 Å². The lowest BCUT2D eigenvalue weighted by Gasteiger charge is -2.46. The summed E-state index contributed by atoms with van der Waals surface area (Å²) in [5.41, 5.74) is 2.51. The predicted octanol–water partition coefficient (Wildman–Crippen LogP) is 2.93. The Kier molecular flexibility index (Phi) is 3.49. The minimum atomic E-state index is 0.0213. The molecule has 3 fully saturated rings. The fourth-order valence-electron chi connectivity index (χ4n) is 6.06. The molecule has 5 atom stereocenters. The van der Waals surface area contributed by atoms with Crippen molar-refractivity contribution >= 4 is 23.2 Å². The van der Waals surface area contributed by atoms with E-state index in [0.29, 0.717) is 18.0 Å². The number of nitrogens with one attached hydrogen (secondary N) is 1. The van der Waals surface area contributed by atoms with Gasteiger partial charge >= 0.3 is 0 Å². The summed E-state index contributed by atoms with van der Waals surface area (Å²) in [6.45, 7) is 9.79. The average Bonchev–Trinajstić information content (AvgIpc) is 3.16. The summed E-state index contributed by atoms with van der Waals surface area (Å²) in [5.74, 6) is 1.49. The van der Waals surface area contributed by atoms with Crippen LogP contribution in [0.15, 0.2) is 30.6 Å². The molecule has 5 rings (SSSR count). The Balaban J connectivity index is 1.53. The fraction of sp³-hybridized carbons (Fsp3) is 0.571. The molecular weight excluding hydrogens is 360 g/mol. The van der Waals surface area contributed by atoms with Crippen LogP contribution in [-0.2, 0) is 10.2 Å². The van der Waals surface area contributed by atoms with E-state index in [1.807, 2.05) is 13.1 Å². The van der Waals surface area contributed by atoms with Crippen molar-refractivity contribution < 1.29 is 4.79 Å². The highest BCUT2D eigenvalue weighted by atomic mass is 35.5. The molecule has 27 heavy (non-hydrogen) atoms. The van der Waals surface area contributed by atoms with Crippen molar-refractivity contribution in [3.05, 3.63) is 41.2 Å². The first-order valence-electron chi connectivity index (χ1n) is 9.73. The van der Waals surface area contributed by atoms with E-state index in [1.165, 1.54) is 11.3 Å². The number of rotatable bonds is 0. The molecule has 5 nitrogen and oxygen atoms in total. The SMILES string of the molecule is C=C1N(C)C(=O)C2CC3C4Nc5ccc(Cl)cc5C(C)(C)C4CN3C2N1C. The van der Waals surface area contributed by atoms with Crippen LogP contribution in [-0.4, -0.2) is 59.5 Å². The van der Waals surface area contributed by atoms with Gasteiger partial charge < -0.3 is 15.1 Å². The number of nitrogens with zero attached hydrogens (tertiary/aromatic N) is 3. The molecular formula is C21H27ClN4O. The fourth-order valence-corrected chi connectivity index (χ4v) is 6.24. The number of hydrogen-bond donors (Lipinski definition) is 1. The highest BCUT2D eigenvalue weighted by Crippen LogP contribution is 2.53. The number of anilines is 1. The van der Waals surface area contributed by atoms with Crippen LogP contribution in [0.25, 0.3) is 0 Å². The first-order chi connectivity index (χ1) is 12.7. The van der Waals surface area contributed by atoms with E-state index in [9.17, 15) is 4.79 Å². The van der Waals surface area contributed by atoms with Gasteiger partial charge in [-0.3, -0.25) is 9.69 Å². The topological polar surface area (TPSA) is 38.8 Å². The van der Waals surface area contributed by atoms with E-state index in [4.69, 9.17) is 11.6 Å². The third kappa shape index (κ3) is 2.13. The second-order valence-electron chi connectivity index (χ2n) is 9.13. The molecule has 1 N–H and O–H groups in total. The average molecular weight is 387 g/mol. The monoisotopic (exact) mass is 386 g/mol. The third-order valence-corrected chi connectivity index (χ3v) is 7.88. The van der Waals surface area contributed by atoms with Crippen molar-refractivity contribution in [2.24, 2.45) is 11.8 Å². The molecule has 144 valence electrons. The molecule has 4 aliphatic rings. The number of carbonyl (C=O) groups is 1. The first kappa shape index (κ1) is 17.4. The minimum Gasteiger partial charge on any atom is -0.380 e. The summed E-state index contributed by atoms with van der Waals surface area (Å²) in [6, 6.07) is 6.88. The van der Waals surface area contributed by atoms with E-state index in [-0.39, 0.29) is 23.4 Å². The Morgan fingerprint density at radius 1 is 1.30 bits per heavy atom. The number of hydrogen-bond acceptors (Lipinski definition) is 4. The summed E-state index contributed by atoms with van der Waals surface area (Å²) in [6.07, 6.45) is 1.01. The molecule has 3 saturated heterocycles. The van der Waals surface area contributed by atoms with Crippen molar-refractivity contribution in [3.63, 3.8) is 0 Å². The maximum Gasteiger partial charge on any atom is 0.234 e. The van der Waals surface area contributed by atoms with Crippen LogP contribution in [0.2, 0.25) is 5.02 Å². The van der Waals surface area contributed by atoms with Crippen molar-refractivity contribution in [1.29, 1.82) is 0 Å². The van der Waals surface area contributed by atoms with E-state index >= 15 is 0 Å². The maximum atomic E-state index is 12.9. The Hall–Kier alpha value is -1.72. The van der Waals surface area contributed by atoms with Gasteiger partial charge in [-0.05, 0) is 35.6 Å².